The number of rotatable bonds is 0. The summed E-state index contributed by atoms with van der Waals surface area (Å²) in [7, 11) is 0. The van der Waals surface area contributed by atoms with Crippen LogP contribution in [0, 0.1) is 23.7 Å². The van der Waals surface area contributed by atoms with Crippen molar-refractivity contribution in [3.8, 4) is 0 Å². The fourth-order valence-corrected chi connectivity index (χ4v) is 3.54. The minimum absolute atomic E-state index is 0.102. The summed E-state index contributed by atoms with van der Waals surface area (Å²) in [4.78, 5) is 0. The Balaban J connectivity index is 1.96. The average molecular weight is 150 g/mol. The van der Waals surface area contributed by atoms with E-state index in [4.69, 9.17) is 0 Å². The fraction of sp³-hybridized carbons (Fsp3) is 0.800. The fourth-order valence-electron chi connectivity index (χ4n) is 3.54. The maximum Gasteiger partial charge on any atom is 0.0757 e. The highest BCUT2D eigenvalue weighted by molar-refractivity contribution is 5.16. The number of hydrogen-bond acceptors (Lipinski definition) is 1. The van der Waals surface area contributed by atoms with Gasteiger partial charge in [-0.2, -0.15) is 0 Å². The first-order valence-electron chi connectivity index (χ1n) is 4.72. The van der Waals surface area contributed by atoms with Gasteiger partial charge in [0.2, 0.25) is 0 Å². The Morgan fingerprint density at radius 1 is 1.09 bits per heavy atom. The zero-order valence-electron chi connectivity index (χ0n) is 6.61. The molecule has 3 aliphatic carbocycles. The molecule has 60 valence electrons. The lowest BCUT2D eigenvalue weighted by atomic mass is 9.80. The first kappa shape index (κ1) is 6.24. The van der Waals surface area contributed by atoms with Crippen molar-refractivity contribution in [1.82, 2.24) is 0 Å². The third-order valence-corrected chi connectivity index (χ3v) is 3.97. The smallest absolute Gasteiger partial charge is 0.0757 e. The van der Waals surface area contributed by atoms with Gasteiger partial charge in [-0.3, -0.25) is 0 Å². The number of fused-ring (bicyclic) bond motifs is 5. The summed E-state index contributed by atoms with van der Waals surface area (Å²) in [5.74, 6) is 3.16. The van der Waals surface area contributed by atoms with Crippen molar-refractivity contribution in [2.45, 2.75) is 25.4 Å². The molecule has 2 saturated carbocycles. The first-order chi connectivity index (χ1) is 5.36. The molecule has 2 unspecified atom stereocenters. The van der Waals surface area contributed by atoms with Gasteiger partial charge in [-0.1, -0.05) is 12.2 Å². The molecule has 0 radical (unpaired) electrons. The lowest BCUT2D eigenvalue weighted by Crippen LogP contribution is -2.25. The van der Waals surface area contributed by atoms with E-state index in [0.717, 1.165) is 17.8 Å². The number of allylic oxidation sites excluding steroid dienone is 1. The van der Waals surface area contributed by atoms with Gasteiger partial charge in [0.15, 0.2) is 0 Å². The Morgan fingerprint density at radius 2 is 1.91 bits per heavy atom. The standard InChI is InChI=1S/C10H14O/c11-9-4-3-8-6-1-2-7(5-6)10(8)9/h3-4,6-11H,1-2,5H2/t6?,7?,8-,9+,10+/m0/s1. The van der Waals surface area contributed by atoms with Crippen molar-refractivity contribution in [1.29, 1.82) is 0 Å². The van der Waals surface area contributed by atoms with Crippen LogP contribution in [0.15, 0.2) is 12.2 Å². The van der Waals surface area contributed by atoms with E-state index in [1.165, 1.54) is 19.3 Å². The summed E-state index contributed by atoms with van der Waals surface area (Å²) < 4.78 is 0. The molecule has 0 heterocycles. The number of hydrogen-bond donors (Lipinski definition) is 1. The van der Waals surface area contributed by atoms with Crippen molar-refractivity contribution in [3.05, 3.63) is 12.2 Å². The van der Waals surface area contributed by atoms with Gasteiger partial charge in [0.25, 0.3) is 0 Å². The van der Waals surface area contributed by atoms with Gasteiger partial charge >= 0.3 is 0 Å². The van der Waals surface area contributed by atoms with Crippen molar-refractivity contribution >= 4 is 0 Å². The van der Waals surface area contributed by atoms with Gasteiger partial charge in [0.05, 0.1) is 6.10 Å². The minimum Gasteiger partial charge on any atom is -0.389 e. The van der Waals surface area contributed by atoms with Crippen LogP contribution < -0.4 is 0 Å². The topological polar surface area (TPSA) is 20.2 Å². The average Bonchev–Trinajstić information content (AvgIpc) is 2.60. The first-order valence-corrected chi connectivity index (χ1v) is 4.72. The molecule has 0 spiro atoms. The Bertz CT molecular complexity index is 209. The molecule has 1 N–H and O–H groups in total. The molecule has 0 amide bonds. The van der Waals surface area contributed by atoms with E-state index in [1.54, 1.807) is 0 Å². The van der Waals surface area contributed by atoms with E-state index in [2.05, 4.69) is 6.08 Å². The maximum atomic E-state index is 9.63. The molecule has 3 rings (SSSR count). The molecule has 0 aromatic carbocycles. The van der Waals surface area contributed by atoms with E-state index in [1.807, 2.05) is 6.08 Å². The molecule has 0 aromatic rings. The second kappa shape index (κ2) is 1.89. The molecular formula is C10H14O. The highest BCUT2D eigenvalue weighted by atomic mass is 16.3. The van der Waals surface area contributed by atoms with Crippen LogP contribution in [-0.4, -0.2) is 11.2 Å². The van der Waals surface area contributed by atoms with E-state index < -0.39 is 0 Å². The third-order valence-electron chi connectivity index (χ3n) is 3.97. The van der Waals surface area contributed by atoms with Crippen molar-refractivity contribution in [2.75, 3.05) is 0 Å². The van der Waals surface area contributed by atoms with Crippen molar-refractivity contribution in [3.63, 3.8) is 0 Å². The molecule has 2 bridgehead atoms. The maximum absolute atomic E-state index is 9.63. The third kappa shape index (κ3) is 0.652. The van der Waals surface area contributed by atoms with E-state index in [-0.39, 0.29) is 6.10 Å². The van der Waals surface area contributed by atoms with Crippen LogP contribution in [0.4, 0.5) is 0 Å². The van der Waals surface area contributed by atoms with Gasteiger partial charge in [0.1, 0.15) is 0 Å². The molecule has 0 aromatic heterocycles. The van der Waals surface area contributed by atoms with Crippen molar-refractivity contribution < 1.29 is 5.11 Å². The second-order valence-electron chi connectivity index (χ2n) is 4.36. The highest BCUT2D eigenvalue weighted by Crippen LogP contribution is 2.56. The molecule has 5 atom stereocenters. The van der Waals surface area contributed by atoms with Crippen LogP contribution in [0.25, 0.3) is 0 Å². The lowest BCUT2D eigenvalue weighted by molar-refractivity contribution is 0.105. The van der Waals surface area contributed by atoms with Crippen LogP contribution in [-0.2, 0) is 0 Å². The summed E-state index contributed by atoms with van der Waals surface area (Å²) >= 11 is 0. The highest BCUT2D eigenvalue weighted by Gasteiger charge is 2.50. The van der Waals surface area contributed by atoms with Crippen LogP contribution >= 0.6 is 0 Å². The molecule has 0 saturated heterocycles. The number of aliphatic hydroxyl groups is 1. The summed E-state index contributed by atoms with van der Waals surface area (Å²) in [6, 6.07) is 0. The van der Waals surface area contributed by atoms with E-state index >= 15 is 0 Å². The molecule has 0 aliphatic heterocycles. The Labute approximate surface area is 67.1 Å². The monoisotopic (exact) mass is 150 g/mol. The van der Waals surface area contributed by atoms with Gasteiger partial charge in [-0.25, -0.2) is 0 Å². The molecule has 1 nitrogen and oxygen atoms in total. The predicted molar refractivity (Wildman–Crippen MR) is 43.0 cm³/mol. The largest absolute Gasteiger partial charge is 0.389 e. The van der Waals surface area contributed by atoms with E-state index in [0.29, 0.717) is 5.92 Å². The van der Waals surface area contributed by atoms with Gasteiger partial charge in [-0.15, -0.1) is 0 Å². The molecular weight excluding hydrogens is 136 g/mol. The van der Waals surface area contributed by atoms with Crippen LogP contribution in [0.1, 0.15) is 19.3 Å². The van der Waals surface area contributed by atoms with Gasteiger partial charge in [0, 0.05) is 0 Å². The zero-order chi connectivity index (χ0) is 7.42. The number of aliphatic hydroxyl groups excluding tert-OH is 1. The SMILES string of the molecule is O[C@@H]1C=C[C@H]2C3CCC(C3)[C@@H]12. The summed E-state index contributed by atoms with van der Waals surface area (Å²) in [5, 5.41) is 9.63. The van der Waals surface area contributed by atoms with Gasteiger partial charge in [-0.05, 0) is 42.9 Å². The predicted octanol–water partition coefficient (Wildman–Crippen LogP) is 1.58. The van der Waals surface area contributed by atoms with E-state index in [9.17, 15) is 5.11 Å². The zero-order valence-corrected chi connectivity index (χ0v) is 6.61. The summed E-state index contributed by atoms with van der Waals surface area (Å²) in [5.41, 5.74) is 0. The Hall–Kier alpha value is -0.300. The van der Waals surface area contributed by atoms with Crippen LogP contribution in [0.3, 0.4) is 0 Å². The molecule has 1 heteroatoms. The Morgan fingerprint density at radius 3 is 2.73 bits per heavy atom. The second-order valence-corrected chi connectivity index (χ2v) is 4.36. The van der Waals surface area contributed by atoms with Crippen LogP contribution in [0.5, 0.6) is 0 Å². The quantitative estimate of drug-likeness (QED) is 0.520. The summed E-state index contributed by atoms with van der Waals surface area (Å²) in [6.07, 6.45) is 8.37. The normalized spacial score (nSPS) is 58.8. The molecule has 11 heavy (non-hydrogen) atoms. The van der Waals surface area contributed by atoms with Crippen molar-refractivity contribution in [2.24, 2.45) is 23.7 Å². The Kier molecular flexibility index (Phi) is 1.07. The summed E-state index contributed by atoms with van der Waals surface area (Å²) in [6.45, 7) is 0. The lowest BCUT2D eigenvalue weighted by Gasteiger charge is -2.26. The van der Waals surface area contributed by atoms with Gasteiger partial charge < -0.3 is 5.11 Å². The minimum atomic E-state index is -0.102. The molecule has 2 fully saturated rings. The molecule has 3 aliphatic rings. The van der Waals surface area contributed by atoms with Crippen LogP contribution in [0.2, 0.25) is 0 Å².